The second-order valence-corrected chi connectivity index (χ2v) is 8.23. The molecule has 1 N–H and O–H groups in total. The summed E-state index contributed by atoms with van der Waals surface area (Å²) in [7, 11) is 0. The van der Waals surface area contributed by atoms with E-state index in [0.29, 0.717) is 30.3 Å². The van der Waals surface area contributed by atoms with Crippen LogP contribution in [-0.4, -0.2) is 35.9 Å². The molecule has 0 aliphatic heterocycles. The Hall–Kier alpha value is -3.31. The predicted molar refractivity (Wildman–Crippen MR) is 131 cm³/mol. The van der Waals surface area contributed by atoms with Gasteiger partial charge in [0.15, 0.2) is 6.61 Å². The number of para-hydroxylation sites is 1. The summed E-state index contributed by atoms with van der Waals surface area (Å²) >= 11 is 6.18. The summed E-state index contributed by atoms with van der Waals surface area (Å²) in [6, 6.07) is 24.0. The van der Waals surface area contributed by atoms with Gasteiger partial charge in [-0.1, -0.05) is 83.9 Å². The summed E-state index contributed by atoms with van der Waals surface area (Å²) in [5.74, 6) is -0.0531. The minimum atomic E-state index is -0.684. The maximum Gasteiger partial charge on any atom is 0.261 e. The number of ether oxygens (including phenoxy) is 1. The minimum absolute atomic E-state index is 0.195. The summed E-state index contributed by atoms with van der Waals surface area (Å²) in [5, 5.41) is 3.31. The largest absolute Gasteiger partial charge is 0.482 e. The van der Waals surface area contributed by atoms with Gasteiger partial charge in [-0.25, -0.2) is 0 Å². The molecule has 0 fully saturated rings. The first-order valence-corrected chi connectivity index (χ1v) is 11.4. The normalized spacial score (nSPS) is 11.5. The topological polar surface area (TPSA) is 58.6 Å². The molecule has 3 aromatic rings. The van der Waals surface area contributed by atoms with Crippen molar-refractivity contribution in [3.63, 3.8) is 0 Å². The van der Waals surface area contributed by atoms with E-state index in [2.05, 4.69) is 5.32 Å². The van der Waals surface area contributed by atoms with Crippen LogP contribution in [0.2, 0.25) is 5.02 Å². The molecule has 0 heterocycles. The van der Waals surface area contributed by atoms with Gasteiger partial charge in [-0.15, -0.1) is 0 Å². The monoisotopic (exact) mass is 464 g/mol. The molecule has 3 aromatic carbocycles. The summed E-state index contributed by atoms with van der Waals surface area (Å²) in [6.07, 6.45) is 0.399. The summed E-state index contributed by atoms with van der Waals surface area (Å²) in [6.45, 7) is 4.42. The van der Waals surface area contributed by atoms with Crippen LogP contribution >= 0.6 is 11.6 Å². The van der Waals surface area contributed by atoms with E-state index in [9.17, 15) is 9.59 Å². The molecule has 1 atom stereocenters. The number of carbonyl (C=O) groups is 2. The molecule has 33 heavy (non-hydrogen) atoms. The molecule has 2 amide bonds. The van der Waals surface area contributed by atoms with Crippen LogP contribution in [0.4, 0.5) is 0 Å². The fourth-order valence-corrected chi connectivity index (χ4v) is 3.71. The molecule has 6 heteroatoms. The lowest BCUT2D eigenvalue weighted by molar-refractivity contribution is -0.142. The molecule has 172 valence electrons. The van der Waals surface area contributed by atoms with Gasteiger partial charge in [0.25, 0.3) is 5.91 Å². The second-order valence-electron chi connectivity index (χ2n) is 7.83. The summed E-state index contributed by atoms with van der Waals surface area (Å²) in [5.41, 5.74) is 3.04. The number of hydrogen-bond acceptors (Lipinski definition) is 3. The van der Waals surface area contributed by atoms with E-state index in [-0.39, 0.29) is 18.4 Å². The lowest BCUT2D eigenvalue weighted by Crippen LogP contribution is -2.51. The van der Waals surface area contributed by atoms with Crippen molar-refractivity contribution in [2.45, 2.75) is 32.9 Å². The van der Waals surface area contributed by atoms with Gasteiger partial charge < -0.3 is 15.0 Å². The third-order valence-corrected chi connectivity index (χ3v) is 5.60. The van der Waals surface area contributed by atoms with Crippen molar-refractivity contribution in [3.8, 4) is 5.75 Å². The van der Waals surface area contributed by atoms with Gasteiger partial charge in [-0.2, -0.15) is 0 Å². The molecule has 0 saturated heterocycles. The highest BCUT2D eigenvalue weighted by Crippen LogP contribution is 2.23. The maximum atomic E-state index is 13.4. The van der Waals surface area contributed by atoms with Crippen LogP contribution in [0.25, 0.3) is 0 Å². The van der Waals surface area contributed by atoms with Gasteiger partial charge in [0, 0.05) is 19.5 Å². The molecule has 0 bridgehead atoms. The zero-order chi connectivity index (χ0) is 23.6. The number of carbonyl (C=O) groups excluding carboxylic acids is 2. The third-order valence-electron chi connectivity index (χ3n) is 5.28. The van der Waals surface area contributed by atoms with E-state index in [4.69, 9.17) is 16.3 Å². The molecular formula is C27H29ClN2O3. The molecule has 0 unspecified atom stereocenters. The van der Waals surface area contributed by atoms with Crippen LogP contribution in [0.5, 0.6) is 5.75 Å². The van der Waals surface area contributed by atoms with Crippen molar-refractivity contribution in [1.82, 2.24) is 10.2 Å². The number of nitrogens with zero attached hydrogens (tertiary/aromatic N) is 1. The van der Waals surface area contributed by atoms with E-state index in [1.165, 1.54) is 0 Å². The lowest BCUT2D eigenvalue weighted by atomic mass is 10.0. The van der Waals surface area contributed by atoms with E-state index < -0.39 is 6.04 Å². The van der Waals surface area contributed by atoms with Gasteiger partial charge in [0.05, 0.1) is 5.02 Å². The van der Waals surface area contributed by atoms with Gasteiger partial charge in [0.2, 0.25) is 5.91 Å². The molecule has 0 aromatic heterocycles. The Kier molecular flexibility index (Phi) is 8.90. The number of halogens is 1. The van der Waals surface area contributed by atoms with Crippen molar-refractivity contribution in [1.29, 1.82) is 0 Å². The second kappa shape index (κ2) is 12.1. The van der Waals surface area contributed by atoms with Crippen molar-refractivity contribution < 1.29 is 14.3 Å². The highest BCUT2D eigenvalue weighted by Gasteiger charge is 2.30. The van der Waals surface area contributed by atoms with Crippen LogP contribution in [0.1, 0.15) is 23.6 Å². The van der Waals surface area contributed by atoms with Crippen molar-refractivity contribution in [3.05, 3.63) is 101 Å². The number of hydrogen-bond donors (Lipinski definition) is 1. The molecule has 3 rings (SSSR count). The van der Waals surface area contributed by atoms with Crippen LogP contribution in [0, 0.1) is 6.92 Å². The van der Waals surface area contributed by atoms with Crippen LogP contribution in [-0.2, 0) is 22.6 Å². The molecule has 0 aliphatic carbocycles. The van der Waals surface area contributed by atoms with Crippen LogP contribution in [0.3, 0.4) is 0 Å². The number of rotatable bonds is 10. The van der Waals surface area contributed by atoms with Crippen molar-refractivity contribution in [2.24, 2.45) is 0 Å². The highest BCUT2D eigenvalue weighted by molar-refractivity contribution is 6.32. The molecule has 0 aliphatic rings. The zero-order valence-electron chi connectivity index (χ0n) is 19.0. The average molecular weight is 465 g/mol. The quantitative estimate of drug-likeness (QED) is 0.468. The first kappa shape index (κ1) is 24.3. The minimum Gasteiger partial charge on any atom is -0.482 e. The van der Waals surface area contributed by atoms with E-state index >= 15 is 0 Å². The van der Waals surface area contributed by atoms with E-state index in [1.807, 2.05) is 68.4 Å². The van der Waals surface area contributed by atoms with Crippen molar-refractivity contribution in [2.75, 3.05) is 13.2 Å². The number of benzene rings is 3. The number of likely N-dealkylation sites (N-methyl/N-ethyl adjacent to an activating group) is 1. The molecule has 0 saturated carbocycles. The average Bonchev–Trinajstić information content (AvgIpc) is 2.82. The molecular weight excluding hydrogens is 436 g/mol. The fraction of sp³-hybridized carbons (Fsp3) is 0.259. The first-order valence-electron chi connectivity index (χ1n) is 11.0. The van der Waals surface area contributed by atoms with Gasteiger partial charge >= 0.3 is 0 Å². The maximum absolute atomic E-state index is 13.4. The standard InChI is InChI=1S/C27H29ClN2O3/c1-3-29-27(32)24(17-21-9-5-4-6-10-21)30(18-22-15-13-20(2)14-16-22)26(31)19-33-25-12-8-7-11-23(25)28/h4-16,24H,3,17-19H2,1-2H3,(H,29,32)/t24-/m0/s1. The van der Waals surface area contributed by atoms with Gasteiger partial charge in [-0.3, -0.25) is 9.59 Å². The third kappa shape index (κ3) is 7.09. The fourth-order valence-electron chi connectivity index (χ4n) is 3.52. The Bertz CT molecular complexity index is 1050. The Morgan fingerprint density at radius 3 is 2.27 bits per heavy atom. The highest BCUT2D eigenvalue weighted by atomic mass is 35.5. The first-order chi connectivity index (χ1) is 16.0. The van der Waals surface area contributed by atoms with E-state index in [0.717, 1.165) is 16.7 Å². The van der Waals surface area contributed by atoms with Crippen molar-refractivity contribution >= 4 is 23.4 Å². The number of nitrogens with one attached hydrogen (secondary N) is 1. The Balaban J connectivity index is 1.89. The van der Waals surface area contributed by atoms with E-state index in [1.54, 1.807) is 29.2 Å². The summed E-state index contributed by atoms with van der Waals surface area (Å²) in [4.78, 5) is 28.1. The molecule has 0 spiro atoms. The number of amides is 2. The van der Waals surface area contributed by atoms with Gasteiger partial charge in [0.1, 0.15) is 11.8 Å². The Labute approximate surface area is 200 Å². The lowest BCUT2D eigenvalue weighted by Gasteiger charge is -2.31. The molecule has 5 nitrogen and oxygen atoms in total. The summed E-state index contributed by atoms with van der Waals surface area (Å²) < 4.78 is 5.72. The SMILES string of the molecule is CCNC(=O)[C@H](Cc1ccccc1)N(Cc1ccc(C)cc1)C(=O)COc1ccccc1Cl. The zero-order valence-corrected chi connectivity index (χ0v) is 19.7. The molecule has 0 radical (unpaired) electrons. The Morgan fingerprint density at radius 2 is 1.61 bits per heavy atom. The Morgan fingerprint density at radius 1 is 0.939 bits per heavy atom. The predicted octanol–water partition coefficient (Wildman–Crippen LogP) is 4.80. The van der Waals surface area contributed by atoms with Gasteiger partial charge in [-0.05, 0) is 37.1 Å². The number of aryl methyl sites for hydroxylation is 1. The van der Waals surface area contributed by atoms with Crippen LogP contribution in [0.15, 0.2) is 78.9 Å². The smallest absolute Gasteiger partial charge is 0.261 e. The van der Waals surface area contributed by atoms with Crippen LogP contribution < -0.4 is 10.1 Å².